The number of nitrogens with two attached hydrogens (primary N) is 1. The van der Waals surface area contributed by atoms with E-state index in [1.54, 1.807) is 20.3 Å². The van der Waals surface area contributed by atoms with Crippen LogP contribution in [0.15, 0.2) is 24.4 Å². The maximum atomic E-state index is 9.73. The quantitative estimate of drug-likeness (QED) is 0.622. The number of anilines is 1. The van der Waals surface area contributed by atoms with Crippen molar-refractivity contribution in [3.63, 3.8) is 0 Å². The number of hydrogen-bond donors (Lipinski definition) is 1. The van der Waals surface area contributed by atoms with Crippen LogP contribution in [0.1, 0.15) is 36.2 Å². The van der Waals surface area contributed by atoms with Crippen LogP contribution < -0.4 is 15.2 Å². The monoisotopic (exact) mass is 440 g/mol. The second-order valence-corrected chi connectivity index (χ2v) is 7.64. The van der Waals surface area contributed by atoms with Crippen LogP contribution >= 0.6 is 0 Å². The van der Waals surface area contributed by atoms with Crippen LogP contribution in [-0.4, -0.2) is 53.5 Å². The summed E-state index contributed by atoms with van der Waals surface area (Å²) in [5.41, 5.74) is 8.53. The summed E-state index contributed by atoms with van der Waals surface area (Å²) < 4.78 is 12.6. The van der Waals surface area contributed by atoms with Crippen molar-refractivity contribution >= 4 is 16.7 Å². The predicted molar refractivity (Wildman–Crippen MR) is 126 cm³/mol. The molecule has 8 heteroatoms. The first-order valence-corrected chi connectivity index (χ1v) is 10.5. The van der Waals surface area contributed by atoms with E-state index in [0.717, 1.165) is 19.5 Å². The van der Waals surface area contributed by atoms with Crippen LogP contribution in [0.4, 0.5) is 5.82 Å². The summed E-state index contributed by atoms with van der Waals surface area (Å²) in [6.45, 7) is 4.25. The van der Waals surface area contributed by atoms with Crippen LogP contribution in [-0.2, 0) is 0 Å². The molecule has 3 aromatic rings. The predicted octanol–water partition coefficient (Wildman–Crippen LogP) is 2.57. The fourth-order valence-electron chi connectivity index (χ4n) is 3.99. The molecule has 2 N–H and O–H groups in total. The minimum Gasteiger partial charge on any atom is -0.497 e. The molecule has 1 aliphatic heterocycles. The van der Waals surface area contributed by atoms with Crippen molar-refractivity contribution in [1.29, 1.82) is 5.26 Å². The Hall–Kier alpha value is -4.19. The number of hydrogen-bond acceptors (Lipinski definition) is 7. The van der Waals surface area contributed by atoms with Crippen molar-refractivity contribution in [2.75, 3.05) is 39.6 Å². The fraction of sp³-hybridized carbons (Fsp3) is 0.320. The van der Waals surface area contributed by atoms with Crippen molar-refractivity contribution in [3.05, 3.63) is 41.2 Å². The van der Waals surface area contributed by atoms with Gasteiger partial charge in [-0.1, -0.05) is 11.8 Å². The third-order valence-electron chi connectivity index (χ3n) is 5.62. The number of benzene rings is 1. The van der Waals surface area contributed by atoms with Crippen molar-refractivity contribution < 1.29 is 9.47 Å². The number of ether oxygens (including phenoxy) is 2. The lowest BCUT2D eigenvalue weighted by Gasteiger charge is -2.14. The maximum Gasteiger partial charge on any atom is 0.147 e. The van der Waals surface area contributed by atoms with Crippen molar-refractivity contribution in [3.8, 4) is 41.2 Å². The van der Waals surface area contributed by atoms with Gasteiger partial charge in [-0.25, -0.2) is 4.98 Å². The summed E-state index contributed by atoms with van der Waals surface area (Å²) in [5, 5.41) is 15.1. The van der Waals surface area contributed by atoms with Gasteiger partial charge in [0.2, 0.25) is 0 Å². The molecule has 3 heterocycles. The lowest BCUT2D eigenvalue weighted by Crippen LogP contribution is -2.22. The van der Waals surface area contributed by atoms with Gasteiger partial charge in [-0.05, 0) is 31.4 Å². The molecule has 1 saturated heterocycles. The highest BCUT2D eigenvalue weighted by Crippen LogP contribution is 2.31. The SMILES string of the molecule is CC#CCN1CC[C@H](n2nc(C#Cc3cc(OC)cc(OC)c3)c3c(N)ncc(C#N)c32)C1. The number of aromatic nitrogens is 3. The molecule has 1 aliphatic rings. The van der Waals surface area contributed by atoms with E-state index in [-0.39, 0.29) is 6.04 Å². The zero-order chi connectivity index (χ0) is 23.4. The Morgan fingerprint density at radius 3 is 2.61 bits per heavy atom. The third kappa shape index (κ3) is 4.41. The van der Waals surface area contributed by atoms with E-state index in [1.807, 2.05) is 23.7 Å². The number of fused-ring (bicyclic) bond motifs is 1. The molecular weight excluding hydrogens is 416 g/mol. The van der Waals surface area contributed by atoms with E-state index in [0.29, 0.717) is 51.6 Å². The number of likely N-dealkylation sites (tertiary alicyclic amines) is 1. The standard InChI is InChI=1S/C25H24N6O2/c1-4-5-9-30-10-8-19(16-30)31-24-18(14-26)15-28-25(27)23(24)22(29-31)7-6-17-11-20(32-2)13-21(12-17)33-3/h11-13,15,19H,8-10,16H2,1-3H3,(H2,27,28)/t19-/m0/s1. The molecule has 166 valence electrons. The molecule has 1 fully saturated rings. The Morgan fingerprint density at radius 2 is 1.94 bits per heavy atom. The van der Waals surface area contributed by atoms with Gasteiger partial charge in [-0.2, -0.15) is 10.4 Å². The van der Waals surface area contributed by atoms with E-state index >= 15 is 0 Å². The van der Waals surface area contributed by atoms with Gasteiger partial charge in [0.1, 0.15) is 29.1 Å². The molecule has 0 spiro atoms. The molecule has 1 aromatic carbocycles. The molecule has 0 saturated carbocycles. The first-order valence-electron chi connectivity index (χ1n) is 10.5. The van der Waals surface area contributed by atoms with E-state index < -0.39 is 0 Å². The fourth-order valence-corrected chi connectivity index (χ4v) is 3.99. The zero-order valence-electron chi connectivity index (χ0n) is 18.8. The van der Waals surface area contributed by atoms with Crippen molar-refractivity contribution in [2.24, 2.45) is 0 Å². The summed E-state index contributed by atoms with van der Waals surface area (Å²) in [6, 6.07) is 7.74. The molecule has 2 aromatic heterocycles. The summed E-state index contributed by atoms with van der Waals surface area (Å²) in [7, 11) is 3.18. The van der Waals surface area contributed by atoms with Gasteiger partial charge in [0.05, 0.1) is 43.3 Å². The summed E-state index contributed by atoms with van der Waals surface area (Å²) in [4.78, 5) is 6.49. The number of rotatable bonds is 4. The Bertz CT molecular complexity index is 1340. The van der Waals surface area contributed by atoms with Gasteiger partial charge in [0.15, 0.2) is 0 Å². The smallest absolute Gasteiger partial charge is 0.147 e. The Morgan fingerprint density at radius 1 is 1.18 bits per heavy atom. The first kappa shape index (κ1) is 22.0. The number of methoxy groups -OCH3 is 2. The second-order valence-electron chi connectivity index (χ2n) is 7.64. The third-order valence-corrected chi connectivity index (χ3v) is 5.62. The van der Waals surface area contributed by atoms with E-state index in [9.17, 15) is 5.26 Å². The molecule has 33 heavy (non-hydrogen) atoms. The Labute approximate surface area is 192 Å². The summed E-state index contributed by atoms with van der Waals surface area (Å²) >= 11 is 0. The van der Waals surface area contributed by atoms with Crippen LogP contribution in [0.3, 0.4) is 0 Å². The number of nitrogens with zero attached hydrogens (tertiary/aromatic N) is 5. The summed E-state index contributed by atoms with van der Waals surface area (Å²) in [5.74, 6) is 13.9. The number of nitriles is 1. The molecule has 0 unspecified atom stereocenters. The van der Waals surface area contributed by atoms with Gasteiger partial charge in [-0.15, -0.1) is 5.92 Å². The maximum absolute atomic E-state index is 9.73. The van der Waals surface area contributed by atoms with E-state index in [1.165, 1.54) is 6.20 Å². The minimum absolute atomic E-state index is 0.0903. The second kappa shape index (κ2) is 9.53. The highest BCUT2D eigenvalue weighted by Gasteiger charge is 2.28. The largest absolute Gasteiger partial charge is 0.497 e. The lowest BCUT2D eigenvalue weighted by atomic mass is 10.1. The molecule has 0 radical (unpaired) electrons. The molecule has 0 aliphatic carbocycles. The normalized spacial score (nSPS) is 15.3. The van der Waals surface area contributed by atoms with Gasteiger partial charge in [0.25, 0.3) is 0 Å². The molecule has 1 atom stereocenters. The topological polar surface area (TPSA) is 102 Å². The number of pyridine rings is 1. The number of nitrogen functional groups attached to an aromatic ring is 1. The van der Waals surface area contributed by atoms with Crippen LogP contribution in [0.25, 0.3) is 10.9 Å². The zero-order valence-corrected chi connectivity index (χ0v) is 18.8. The average Bonchev–Trinajstić information content (AvgIpc) is 3.46. The van der Waals surface area contributed by atoms with Gasteiger partial charge >= 0.3 is 0 Å². The lowest BCUT2D eigenvalue weighted by molar-refractivity contribution is 0.358. The van der Waals surface area contributed by atoms with Crippen molar-refractivity contribution in [1.82, 2.24) is 19.7 Å². The van der Waals surface area contributed by atoms with Gasteiger partial charge in [0, 0.05) is 30.9 Å². The minimum atomic E-state index is 0.0903. The van der Waals surface area contributed by atoms with Crippen LogP contribution in [0.5, 0.6) is 11.5 Å². The highest BCUT2D eigenvalue weighted by molar-refractivity contribution is 5.96. The Kier molecular flexibility index (Phi) is 6.36. The molecular formula is C25H24N6O2. The van der Waals surface area contributed by atoms with Gasteiger partial charge < -0.3 is 15.2 Å². The molecule has 8 nitrogen and oxygen atoms in total. The highest BCUT2D eigenvalue weighted by atomic mass is 16.5. The Balaban J connectivity index is 1.81. The van der Waals surface area contributed by atoms with E-state index in [4.69, 9.17) is 20.3 Å². The van der Waals surface area contributed by atoms with Gasteiger partial charge in [-0.3, -0.25) is 9.58 Å². The molecule has 0 bridgehead atoms. The van der Waals surface area contributed by atoms with Crippen molar-refractivity contribution in [2.45, 2.75) is 19.4 Å². The summed E-state index contributed by atoms with van der Waals surface area (Å²) in [6.07, 6.45) is 2.39. The molecule has 0 amide bonds. The first-order chi connectivity index (χ1) is 16.1. The average molecular weight is 441 g/mol. The van der Waals surface area contributed by atoms with E-state index in [2.05, 4.69) is 39.6 Å². The van der Waals surface area contributed by atoms with Crippen LogP contribution in [0, 0.1) is 35.0 Å². The molecule has 4 rings (SSSR count). The van der Waals surface area contributed by atoms with Crippen LogP contribution in [0.2, 0.25) is 0 Å².